The molecule has 34 heteroatoms. The van der Waals surface area contributed by atoms with Gasteiger partial charge in [-0.15, -0.1) is 15.3 Å². The van der Waals surface area contributed by atoms with E-state index in [-0.39, 0.29) is 13.2 Å². The average Bonchev–Trinajstić information content (AvgIpc) is 1.70. The molecule has 3 aromatic heterocycles. The van der Waals surface area contributed by atoms with E-state index in [9.17, 15) is 58.8 Å². The number of unbranched alkanes of at least 4 members (excludes halogenated alkanes) is 3. The van der Waals surface area contributed by atoms with Crippen molar-refractivity contribution < 1.29 is 111 Å². The van der Waals surface area contributed by atoms with Gasteiger partial charge in [0.25, 0.3) is 0 Å². The van der Waals surface area contributed by atoms with Gasteiger partial charge >= 0.3 is 185 Å². The van der Waals surface area contributed by atoms with Crippen molar-refractivity contribution >= 4 is 85.6 Å². The van der Waals surface area contributed by atoms with Crippen LogP contribution in [0.4, 0.5) is 0 Å². The van der Waals surface area contributed by atoms with Gasteiger partial charge in [-0.25, -0.2) is 14.0 Å². The molecule has 4 N–H and O–H groups in total. The number of esters is 8. The molecule has 32 nitrogen and oxygen atoms in total. The second-order valence-electron chi connectivity index (χ2n) is 27.9. The summed E-state index contributed by atoms with van der Waals surface area (Å²) in [6, 6.07) is 26.2. The van der Waals surface area contributed by atoms with Gasteiger partial charge in [0.2, 0.25) is 0 Å². The van der Waals surface area contributed by atoms with Crippen molar-refractivity contribution in [3.8, 4) is 0 Å². The summed E-state index contributed by atoms with van der Waals surface area (Å²) < 4.78 is 70.4. The Hall–Kier alpha value is -8.16. The third-order valence-corrected chi connectivity index (χ3v) is 35.3. The second-order valence-corrected chi connectivity index (χ2v) is 41.7. The van der Waals surface area contributed by atoms with Crippen LogP contribution in [0.25, 0.3) is 0 Å². The van der Waals surface area contributed by atoms with Crippen LogP contribution in [0, 0.1) is 0 Å². The standard InChI is InChI=1S/C25H31N3O9.C17H22BrN3O9.C17H23N3O5.C8H9.3C4H9.Sn/c1-6-18-7-9-19(10-8-18)11-20-12-28(27-26-20)25-24(36-17(5)32)23(35-16(4)31)22(34-15(3)30)21(37-25)13-33-14(2)29;1-8(22)26-7-13-14(27-9(2)23)15(28-10(3)24)16(29-11(4)25)17(30-13)21-6-12(5-18)19-20-21;1-2-10-3-5-11(6-4-10)7-12-8-20(19-18-12)17-16(24)15(23)14(22)13(9-21)25-17;1-2-8-6-4-3-5-7-8;3*1-3-4-2;/h7-10,12,21-25H,6,11,13H2,1-5H3;6,13-17H,5,7H2,1-4H3;3-6,8,13-17,21-24H,2,7,9H2,1H3;4-7H,2H2,1H3;3*1,3-4H2,2H3;/t21-,22-,23+,24-,25?;2*13-,14-,15+,16-,17?;;;;;/m111...../s1. The number of nitrogens with zero attached hydrogens (tertiary/aromatic N) is 9. The molecule has 0 radical (unpaired) electrons. The maximum absolute atomic E-state index is 12.0. The van der Waals surface area contributed by atoms with E-state index in [4.69, 9.17) is 52.1 Å². The van der Waals surface area contributed by atoms with Crippen LogP contribution >= 0.6 is 15.9 Å². The van der Waals surface area contributed by atoms with E-state index in [1.54, 1.807) is 25.7 Å². The number of aliphatic hydroxyl groups is 4. The van der Waals surface area contributed by atoms with E-state index in [0.717, 1.165) is 44.7 Å². The van der Waals surface area contributed by atoms with Gasteiger partial charge in [0.1, 0.15) is 49.8 Å². The topological polar surface area (TPSA) is 411 Å². The Labute approximate surface area is 671 Å². The van der Waals surface area contributed by atoms with Gasteiger partial charge in [0, 0.05) is 73.6 Å². The number of alkyl halides is 1. The molecule has 0 amide bonds. The number of rotatable bonds is 32. The molecule has 0 saturated carbocycles. The molecule has 6 aromatic rings. The largest absolute Gasteiger partial charge is 0.463 e. The van der Waals surface area contributed by atoms with Crippen LogP contribution in [0.15, 0.2) is 91.4 Å². The molecule has 622 valence electrons. The van der Waals surface area contributed by atoms with E-state index in [0.29, 0.717) is 35.3 Å². The summed E-state index contributed by atoms with van der Waals surface area (Å²) in [7, 11) is 0. The zero-order chi connectivity index (χ0) is 83.1. The normalized spacial score (nSPS) is 23.2. The Kier molecular flexibility index (Phi) is 39.0. The molecule has 3 aliphatic heterocycles. The quantitative estimate of drug-likeness (QED) is 0.0135. The number of aromatic nitrogens is 9. The van der Waals surface area contributed by atoms with Crippen LogP contribution in [0.2, 0.25) is 13.3 Å². The molecule has 0 bridgehead atoms. The number of benzene rings is 3. The summed E-state index contributed by atoms with van der Waals surface area (Å²) in [5.41, 5.74) is 7.92. The Bertz CT molecular complexity index is 3930. The predicted octanol–water partition coefficient (Wildman–Crippen LogP) is 7.82. The number of carbonyl (C=O) groups is 8. The fourth-order valence-corrected chi connectivity index (χ4v) is 29.5. The second kappa shape index (κ2) is 47.0. The minimum atomic E-state index is -2.15. The predicted molar refractivity (Wildman–Crippen MR) is 414 cm³/mol. The van der Waals surface area contributed by atoms with E-state index in [1.807, 2.05) is 40.0 Å². The van der Waals surface area contributed by atoms with Gasteiger partial charge in [0.05, 0.1) is 42.3 Å². The van der Waals surface area contributed by atoms with E-state index < -0.39 is 165 Å². The minimum Gasteiger partial charge on any atom is -0.463 e. The van der Waals surface area contributed by atoms with E-state index >= 15 is 0 Å². The minimum absolute atomic E-state index is 0.311. The molecule has 3 saturated heterocycles. The first-order chi connectivity index (χ1) is 53.9. The van der Waals surface area contributed by atoms with Crippen LogP contribution in [-0.2, 0) is 128 Å². The summed E-state index contributed by atoms with van der Waals surface area (Å²) in [5.74, 6) is -5.37. The number of aryl methyl sites for hydroxylation is 3. The van der Waals surface area contributed by atoms with Gasteiger partial charge in [-0.2, -0.15) is 0 Å². The van der Waals surface area contributed by atoms with Gasteiger partial charge in [-0.3, -0.25) is 38.4 Å². The number of halogens is 1. The molecule has 3 aromatic carbocycles. The molecule has 15 atom stereocenters. The van der Waals surface area contributed by atoms with Crippen LogP contribution in [0.3, 0.4) is 0 Å². The molecular formula is C79H112BrN9O23Sn. The molecule has 9 rings (SSSR count). The van der Waals surface area contributed by atoms with Crippen LogP contribution < -0.4 is 3.58 Å². The molecule has 6 heterocycles. The van der Waals surface area contributed by atoms with Gasteiger partial charge in [-0.05, 0) is 35.1 Å². The van der Waals surface area contributed by atoms with Gasteiger partial charge in [-0.1, -0.05) is 93.9 Å². The number of aliphatic hydroxyl groups excluding tert-OH is 4. The molecule has 0 aliphatic carbocycles. The van der Waals surface area contributed by atoms with Gasteiger partial charge in [0.15, 0.2) is 55.3 Å². The van der Waals surface area contributed by atoms with Crippen molar-refractivity contribution in [1.82, 2.24) is 45.0 Å². The monoisotopic (exact) mass is 1750 g/mol. The first-order valence-electron chi connectivity index (χ1n) is 38.4. The summed E-state index contributed by atoms with van der Waals surface area (Å²) in [6.45, 7) is 21.8. The third kappa shape index (κ3) is 28.7. The Morgan fingerprint density at radius 1 is 0.398 bits per heavy atom. The van der Waals surface area contributed by atoms with Crippen molar-refractivity contribution in [3.05, 3.63) is 136 Å². The van der Waals surface area contributed by atoms with Crippen molar-refractivity contribution in [2.45, 2.75) is 278 Å². The Balaban J connectivity index is 0.000000240. The zero-order valence-electron chi connectivity index (χ0n) is 67.0. The average molecular weight is 1750 g/mol. The Morgan fingerprint density at radius 2 is 0.708 bits per heavy atom. The Morgan fingerprint density at radius 3 is 1.03 bits per heavy atom. The van der Waals surface area contributed by atoms with Crippen molar-refractivity contribution in [3.63, 3.8) is 0 Å². The van der Waals surface area contributed by atoms with Crippen LogP contribution in [0.5, 0.6) is 0 Å². The zero-order valence-corrected chi connectivity index (χ0v) is 71.4. The molecule has 113 heavy (non-hydrogen) atoms. The first kappa shape index (κ1) is 93.7. The summed E-state index contributed by atoms with van der Waals surface area (Å²) in [5, 5.41) is 63.8. The number of hydrogen-bond acceptors (Lipinski definition) is 29. The van der Waals surface area contributed by atoms with E-state index in [2.05, 4.69) is 125 Å². The fraction of sp³-hybridized carbons (Fsp3) is 0.595. The van der Waals surface area contributed by atoms with Crippen molar-refractivity contribution in [2.24, 2.45) is 0 Å². The molecule has 0 spiro atoms. The van der Waals surface area contributed by atoms with Crippen molar-refractivity contribution in [2.75, 3.05) is 19.8 Å². The van der Waals surface area contributed by atoms with Crippen LogP contribution in [0.1, 0.15) is 199 Å². The molecular weight excluding hydrogens is 1640 g/mol. The fourth-order valence-electron chi connectivity index (χ4n) is 13.3. The maximum Gasteiger partial charge on any atom is 0.303 e. The summed E-state index contributed by atoms with van der Waals surface area (Å²) >= 11 is 1.11. The van der Waals surface area contributed by atoms with Crippen molar-refractivity contribution in [1.29, 1.82) is 0 Å². The summed E-state index contributed by atoms with van der Waals surface area (Å²) in [4.78, 5) is 93.8. The summed E-state index contributed by atoms with van der Waals surface area (Å²) in [6.07, 6.45) is -0.654. The smallest absolute Gasteiger partial charge is 0.303 e. The molecule has 3 unspecified atom stereocenters. The molecule has 3 aliphatic rings. The van der Waals surface area contributed by atoms with Gasteiger partial charge < -0.3 is 72.5 Å². The number of carbonyl (C=O) groups excluding carboxylic acids is 8. The molecule has 3 fully saturated rings. The number of ether oxygens (including phenoxy) is 11. The number of hydrogen-bond donors (Lipinski definition) is 4. The van der Waals surface area contributed by atoms with E-state index in [1.165, 1.54) is 116 Å². The SMILES string of the molecule is CC(=O)OC[C@H]1OC(n2cc(CBr)nn2)[C@H](OC(C)=O)[C@@H](OC(C)=O)[C@@H]1OC(C)=O.CCC[CH2][Sn]([CH2]CCC)([CH2]CCC)[c]1ccc(CC)cc1.CCc1ccc(Cc2cn(C3O[C@H](CO)[C@@H](O)[C@H](O)[C@H]3O)nn2)cc1.CCc1ccc(Cc2cn(C3O[C@H](COC(C)=O)[C@@H](OC(C)=O)[C@H](OC(C)=O)[C@H]3OC(C)=O)nn2)cc1. The maximum atomic E-state index is 12.0. The van der Waals surface area contributed by atoms with Crippen LogP contribution in [-0.4, -0.2) is 225 Å². The first-order valence-corrected chi connectivity index (χ1v) is 47.0. The third-order valence-electron chi connectivity index (χ3n) is 19.0.